The van der Waals surface area contributed by atoms with Crippen molar-refractivity contribution in [2.45, 2.75) is 25.0 Å². The zero-order valence-corrected chi connectivity index (χ0v) is 11.3. The largest absolute Gasteiger partial charge is 0.370 e. The number of carbonyl (C=O) groups is 1. The number of amides is 1. The molecule has 2 fully saturated rings. The lowest BCUT2D eigenvalue weighted by atomic mass is 10.1. The standard InChI is InChI=1S/C15H19FN2O2/c16-12-4-1-3-11(9-12)14-10-18(7-8-20-14)15(19)13-5-2-6-17-13/h1,3-4,9,13-14,17H,2,5-8,10H2. The third kappa shape index (κ3) is 2.83. The van der Waals surface area contributed by atoms with Crippen molar-refractivity contribution in [1.29, 1.82) is 0 Å². The van der Waals surface area contributed by atoms with Gasteiger partial charge in [0.25, 0.3) is 0 Å². The molecule has 2 aliphatic rings. The highest BCUT2D eigenvalue weighted by atomic mass is 19.1. The summed E-state index contributed by atoms with van der Waals surface area (Å²) in [5.74, 6) is -0.126. The molecule has 0 radical (unpaired) electrons. The molecular formula is C15H19FN2O2. The van der Waals surface area contributed by atoms with Crippen LogP contribution >= 0.6 is 0 Å². The fourth-order valence-corrected chi connectivity index (χ4v) is 2.87. The molecule has 20 heavy (non-hydrogen) atoms. The summed E-state index contributed by atoms with van der Waals surface area (Å²) < 4.78 is 19.0. The first-order valence-corrected chi connectivity index (χ1v) is 7.13. The number of halogens is 1. The van der Waals surface area contributed by atoms with Crippen LogP contribution in [0, 0.1) is 5.82 Å². The van der Waals surface area contributed by atoms with Gasteiger partial charge in [-0.3, -0.25) is 4.79 Å². The molecule has 2 atom stereocenters. The van der Waals surface area contributed by atoms with Crippen LogP contribution in [0.25, 0.3) is 0 Å². The van der Waals surface area contributed by atoms with Crippen molar-refractivity contribution >= 4 is 5.91 Å². The molecule has 1 N–H and O–H groups in total. The average Bonchev–Trinajstić information content (AvgIpc) is 3.01. The van der Waals surface area contributed by atoms with E-state index in [9.17, 15) is 9.18 Å². The second-order valence-corrected chi connectivity index (χ2v) is 5.35. The molecule has 1 amide bonds. The van der Waals surface area contributed by atoms with Gasteiger partial charge in [-0.05, 0) is 37.1 Å². The van der Waals surface area contributed by atoms with Crippen LogP contribution in [0.1, 0.15) is 24.5 Å². The van der Waals surface area contributed by atoms with E-state index in [0.29, 0.717) is 19.7 Å². The first-order chi connectivity index (χ1) is 9.74. The van der Waals surface area contributed by atoms with Crippen molar-refractivity contribution in [1.82, 2.24) is 10.2 Å². The number of carbonyl (C=O) groups excluding carboxylic acids is 1. The van der Waals surface area contributed by atoms with Crippen molar-refractivity contribution < 1.29 is 13.9 Å². The maximum atomic E-state index is 13.3. The topological polar surface area (TPSA) is 41.6 Å². The molecule has 0 spiro atoms. The van der Waals surface area contributed by atoms with E-state index in [4.69, 9.17) is 4.74 Å². The fourth-order valence-electron chi connectivity index (χ4n) is 2.87. The molecule has 108 valence electrons. The second kappa shape index (κ2) is 5.89. The lowest BCUT2D eigenvalue weighted by molar-refractivity contribution is -0.140. The molecule has 1 aromatic carbocycles. The van der Waals surface area contributed by atoms with Crippen LogP contribution in [0.15, 0.2) is 24.3 Å². The van der Waals surface area contributed by atoms with Gasteiger partial charge in [-0.2, -0.15) is 0 Å². The molecule has 1 aromatic rings. The Morgan fingerprint density at radius 2 is 2.35 bits per heavy atom. The van der Waals surface area contributed by atoms with Gasteiger partial charge in [-0.1, -0.05) is 12.1 Å². The van der Waals surface area contributed by atoms with Crippen molar-refractivity contribution in [3.05, 3.63) is 35.6 Å². The van der Waals surface area contributed by atoms with Crippen molar-refractivity contribution in [2.24, 2.45) is 0 Å². The summed E-state index contributed by atoms with van der Waals surface area (Å²) in [5, 5.41) is 3.23. The van der Waals surface area contributed by atoms with Crippen molar-refractivity contribution in [3.63, 3.8) is 0 Å². The maximum absolute atomic E-state index is 13.3. The van der Waals surface area contributed by atoms with E-state index in [1.807, 2.05) is 11.0 Å². The summed E-state index contributed by atoms with van der Waals surface area (Å²) in [6.45, 7) is 2.52. The van der Waals surface area contributed by atoms with E-state index < -0.39 is 0 Å². The Labute approximate surface area is 117 Å². The number of nitrogens with one attached hydrogen (secondary N) is 1. The van der Waals surface area contributed by atoms with Gasteiger partial charge >= 0.3 is 0 Å². The predicted octanol–water partition coefficient (Wildman–Crippen LogP) is 1.48. The number of morpholine rings is 1. The highest BCUT2D eigenvalue weighted by Gasteiger charge is 2.31. The summed E-state index contributed by atoms with van der Waals surface area (Å²) in [6.07, 6.45) is 1.72. The van der Waals surface area contributed by atoms with Gasteiger partial charge in [-0.15, -0.1) is 0 Å². The number of benzene rings is 1. The summed E-state index contributed by atoms with van der Waals surface area (Å²) in [4.78, 5) is 14.2. The average molecular weight is 278 g/mol. The van der Waals surface area contributed by atoms with Crippen LogP contribution in [-0.2, 0) is 9.53 Å². The smallest absolute Gasteiger partial charge is 0.239 e. The molecule has 4 nitrogen and oxygen atoms in total. The molecule has 2 heterocycles. The molecule has 0 aromatic heterocycles. The molecule has 3 rings (SSSR count). The first-order valence-electron chi connectivity index (χ1n) is 7.13. The van der Waals surface area contributed by atoms with Crippen LogP contribution in [-0.4, -0.2) is 43.1 Å². The van der Waals surface area contributed by atoms with Crippen molar-refractivity contribution in [3.8, 4) is 0 Å². The van der Waals surface area contributed by atoms with Crippen molar-refractivity contribution in [2.75, 3.05) is 26.2 Å². The summed E-state index contributed by atoms with van der Waals surface area (Å²) in [5.41, 5.74) is 0.793. The number of ether oxygens (including phenoxy) is 1. The Morgan fingerprint density at radius 1 is 1.45 bits per heavy atom. The Morgan fingerprint density at radius 3 is 3.10 bits per heavy atom. The quantitative estimate of drug-likeness (QED) is 0.891. The van der Waals surface area contributed by atoms with E-state index >= 15 is 0 Å². The van der Waals surface area contributed by atoms with Crippen LogP contribution in [0.3, 0.4) is 0 Å². The van der Waals surface area contributed by atoms with Gasteiger partial charge in [-0.25, -0.2) is 4.39 Å². The SMILES string of the molecule is O=C(C1CCCN1)N1CCOC(c2cccc(F)c2)C1. The minimum atomic E-state index is -0.271. The van der Waals surface area contributed by atoms with Gasteiger partial charge in [0.1, 0.15) is 11.9 Å². The minimum absolute atomic E-state index is 0.0544. The monoisotopic (exact) mass is 278 g/mol. The zero-order valence-electron chi connectivity index (χ0n) is 11.3. The van der Waals surface area contributed by atoms with Crippen LogP contribution in [0.5, 0.6) is 0 Å². The van der Waals surface area contributed by atoms with E-state index in [-0.39, 0.29) is 23.9 Å². The van der Waals surface area contributed by atoms with Gasteiger partial charge in [0, 0.05) is 6.54 Å². The van der Waals surface area contributed by atoms with Gasteiger partial charge in [0.2, 0.25) is 5.91 Å². The highest BCUT2D eigenvalue weighted by Crippen LogP contribution is 2.23. The van der Waals surface area contributed by atoms with E-state index in [1.54, 1.807) is 6.07 Å². The summed E-state index contributed by atoms with van der Waals surface area (Å²) in [6, 6.07) is 6.36. The molecule has 0 saturated carbocycles. The van der Waals surface area contributed by atoms with Crippen LogP contribution in [0.2, 0.25) is 0 Å². The van der Waals surface area contributed by atoms with Gasteiger partial charge in [0.15, 0.2) is 0 Å². The molecule has 0 bridgehead atoms. The number of nitrogens with zero attached hydrogens (tertiary/aromatic N) is 1. The number of rotatable bonds is 2. The number of hydrogen-bond acceptors (Lipinski definition) is 3. The molecule has 5 heteroatoms. The first kappa shape index (κ1) is 13.5. The Balaban J connectivity index is 1.68. The summed E-state index contributed by atoms with van der Waals surface area (Å²) in [7, 11) is 0. The van der Waals surface area contributed by atoms with E-state index in [1.165, 1.54) is 12.1 Å². The van der Waals surface area contributed by atoms with Crippen LogP contribution < -0.4 is 5.32 Å². The van der Waals surface area contributed by atoms with Gasteiger partial charge in [0.05, 0.1) is 19.2 Å². The third-order valence-electron chi connectivity index (χ3n) is 3.96. The third-order valence-corrected chi connectivity index (χ3v) is 3.96. The van der Waals surface area contributed by atoms with Crippen LogP contribution in [0.4, 0.5) is 4.39 Å². The second-order valence-electron chi connectivity index (χ2n) is 5.35. The fraction of sp³-hybridized carbons (Fsp3) is 0.533. The molecule has 2 unspecified atom stereocenters. The highest BCUT2D eigenvalue weighted by molar-refractivity contribution is 5.82. The Bertz CT molecular complexity index is 489. The van der Waals surface area contributed by atoms with E-state index in [2.05, 4.69) is 5.32 Å². The lowest BCUT2D eigenvalue weighted by Crippen LogP contribution is -2.49. The lowest BCUT2D eigenvalue weighted by Gasteiger charge is -2.34. The van der Waals surface area contributed by atoms with Gasteiger partial charge < -0.3 is 15.0 Å². The molecule has 2 saturated heterocycles. The Kier molecular flexibility index (Phi) is 3.98. The Hall–Kier alpha value is -1.46. The zero-order chi connectivity index (χ0) is 13.9. The van der Waals surface area contributed by atoms with E-state index in [0.717, 1.165) is 24.9 Å². The maximum Gasteiger partial charge on any atom is 0.239 e. The molecule has 0 aliphatic carbocycles. The predicted molar refractivity (Wildman–Crippen MR) is 72.7 cm³/mol. The minimum Gasteiger partial charge on any atom is -0.370 e. The molecule has 2 aliphatic heterocycles. The normalized spacial score (nSPS) is 26.8. The summed E-state index contributed by atoms with van der Waals surface area (Å²) >= 11 is 0. The number of hydrogen-bond donors (Lipinski definition) is 1. The molecular weight excluding hydrogens is 259 g/mol.